The molecular weight excluding hydrogens is 362 g/mol. The van der Waals surface area contributed by atoms with E-state index in [-0.39, 0.29) is 5.78 Å². The molecule has 0 radical (unpaired) electrons. The highest BCUT2D eigenvalue weighted by atomic mass is 16.5. The van der Waals surface area contributed by atoms with Crippen molar-refractivity contribution in [1.82, 2.24) is 10.2 Å². The Labute approximate surface area is 178 Å². The molecule has 0 aromatic rings. The zero-order chi connectivity index (χ0) is 22.7. The summed E-state index contributed by atoms with van der Waals surface area (Å²) in [6.45, 7) is 18.3. The van der Waals surface area contributed by atoms with Crippen LogP contribution in [0, 0.1) is 0 Å². The number of carbonyl (C=O) groups excluding carboxylic acids is 1. The second-order valence-corrected chi connectivity index (χ2v) is 6.22. The molecule has 0 unspecified atom stereocenters. The molecule has 1 aliphatic heterocycles. The number of nitrogens with one attached hydrogen (secondary N) is 1. The van der Waals surface area contributed by atoms with Crippen molar-refractivity contribution in [3.63, 3.8) is 0 Å². The van der Waals surface area contributed by atoms with E-state index in [1.165, 1.54) is 18.7 Å². The largest absolute Gasteiger partial charge is 0.483 e. The third-order valence-corrected chi connectivity index (χ3v) is 3.79. The molecule has 1 heterocycles. The van der Waals surface area contributed by atoms with Gasteiger partial charge in [0.15, 0.2) is 11.5 Å². The zero-order valence-electron chi connectivity index (χ0n) is 19.4. The molecular formula is C24H41N3O2. The van der Waals surface area contributed by atoms with Crippen molar-refractivity contribution in [2.45, 2.75) is 41.5 Å². The molecule has 0 spiro atoms. The van der Waals surface area contributed by atoms with E-state index < -0.39 is 0 Å². The van der Waals surface area contributed by atoms with E-state index in [0.29, 0.717) is 12.4 Å². The Morgan fingerprint density at radius 1 is 1.28 bits per heavy atom. The molecule has 0 atom stereocenters. The number of nitrogens with zero attached hydrogens (tertiary/aromatic N) is 1. The van der Waals surface area contributed by atoms with Gasteiger partial charge in [-0.15, -0.1) is 0 Å². The van der Waals surface area contributed by atoms with Crippen molar-refractivity contribution in [3.05, 3.63) is 71.8 Å². The molecule has 164 valence electrons. The summed E-state index contributed by atoms with van der Waals surface area (Å²) in [4.78, 5) is 13.6. The van der Waals surface area contributed by atoms with E-state index >= 15 is 0 Å². The van der Waals surface area contributed by atoms with Crippen molar-refractivity contribution in [3.8, 4) is 0 Å². The Hall–Kier alpha value is -2.53. The van der Waals surface area contributed by atoms with Crippen molar-refractivity contribution >= 4 is 5.78 Å². The fraction of sp³-hybridized carbons (Fsp3) is 0.458. The first-order valence-corrected chi connectivity index (χ1v) is 10.1. The number of hydrogen-bond acceptors (Lipinski definition) is 5. The van der Waals surface area contributed by atoms with Crippen LogP contribution in [0.5, 0.6) is 0 Å². The minimum Gasteiger partial charge on any atom is -0.483 e. The van der Waals surface area contributed by atoms with Gasteiger partial charge in [-0.3, -0.25) is 4.79 Å². The van der Waals surface area contributed by atoms with E-state index in [9.17, 15) is 4.79 Å². The highest BCUT2D eigenvalue weighted by Crippen LogP contribution is 2.26. The molecule has 0 aromatic heterocycles. The van der Waals surface area contributed by atoms with Crippen LogP contribution in [-0.4, -0.2) is 44.0 Å². The maximum Gasteiger partial charge on any atom is 0.196 e. The lowest BCUT2D eigenvalue weighted by Gasteiger charge is -2.08. The SMILES string of the molecule is C/C=C\C(=C/N)CO/C(C(C)=O)=C1/CN1CC.C=C/C(C)=C\C=C/C.CCNC. The van der Waals surface area contributed by atoms with Crippen LogP contribution < -0.4 is 11.1 Å². The lowest BCUT2D eigenvalue weighted by molar-refractivity contribution is -0.116. The van der Waals surface area contributed by atoms with Gasteiger partial charge in [0.05, 0.1) is 12.2 Å². The van der Waals surface area contributed by atoms with E-state index in [2.05, 4.69) is 30.6 Å². The molecule has 29 heavy (non-hydrogen) atoms. The lowest BCUT2D eigenvalue weighted by atomic mass is 10.2. The molecule has 1 rings (SSSR count). The summed E-state index contributed by atoms with van der Waals surface area (Å²) in [5.41, 5.74) is 8.51. The maximum atomic E-state index is 11.5. The maximum absolute atomic E-state index is 11.5. The number of allylic oxidation sites excluding steroid dienone is 7. The molecule has 0 saturated carbocycles. The van der Waals surface area contributed by atoms with Crippen molar-refractivity contribution in [2.75, 3.05) is 33.3 Å². The topological polar surface area (TPSA) is 67.4 Å². The number of nitrogens with two attached hydrogens (primary N) is 1. The molecule has 3 N–H and O–H groups in total. The predicted molar refractivity (Wildman–Crippen MR) is 126 cm³/mol. The van der Waals surface area contributed by atoms with Crippen LogP contribution in [0.15, 0.2) is 71.8 Å². The number of hydrogen-bond donors (Lipinski definition) is 2. The van der Waals surface area contributed by atoms with Crippen LogP contribution in [0.25, 0.3) is 0 Å². The Kier molecular flexibility index (Phi) is 18.6. The summed E-state index contributed by atoms with van der Waals surface area (Å²) in [5, 5.41) is 2.93. The van der Waals surface area contributed by atoms with Crippen LogP contribution in [0.1, 0.15) is 41.5 Å². The third kappa shape index (κ3) is 15.1. The molecule has 0 bridgehead atoms. The van der Waals surface area contributed by atoms with Gasteiger partial charge in [0, 0.05) is 25.2 Å². The van der Waals surface area contributed by atoms with Crippen molar-refractivity contribution < 1.29 is 9.53 Å². The van der Waals surface area contributed by atoms with E-state index in [1.807, 2.05) is 64.3 Å². The lowest BCUT2D eigenvalue weighted by Crippen LogP contribution is -2.07. The van der Waals surface area contributed by atoms with Gasteiger partial charge in [-0.1, -0.05) is 55.5 Å². The minimum atomic E-state index is -0.0344. The monoisotopic (exact) mass is 403 g/mol. The summed E-state index contributed by atoms with van der Waals surface area (Å²) in [5.74, 6) is 0.434. The molecule has 0 aromatic carbocycles. The zero-order valence-corrected chi connectivity index (χ0v) is 19.4. The third-order valence-electron chi connectivity index (χ3n) is 3.79. The van der Waals surface area contributed by atoms with Crippen LogP contribution in [0.3, 0.4) is 0 Å². The summed E-state index contributed by atoms with van der Waals surface area (Å²) in [6, 6.07) is 0. The highest BCUT2D eigenvalue weighted by molar-refractivity contribution is 5.92. The molecule has 5 heteroatoms. The highest BCUT2D eigenvalue weighted by Gasteiger charge is 2.30. The normalized spacial score (nSPS) is 15.3. The van der Waals surface area contributed by atoms with Gasteiger partial charge in [0.2, 0.25) is 0 Å². The van der Waals surface area contributed by atoms with Gasteiger partial charge >= 0.3 is 0 Å². The summed E-state index contributed by atoms with van der Waals surface area (Å²) < 4.78 is 5.55. The second-order valence-electron chi connectivity index (χ2n) is 6.22. The van der Waals surface area contributed by atoms with Crippen molar-refractivity contribution in [1.29, 1.82) is 0 Å². The van der Waals surface area contributed by atoms with Gasteiger partial charge in [-0.25, -0.2) is 0 Å². The Morgan fingerprint density at radius 2 is 1.90 bits per heavy atom. The first-order valence-electron chi connectivity index (χ1n) is 10.1. The number of carbonyl (C=O) groups is 1. The summed E-state index contributed by atoms with van der Waals surface area (Å²) in [7, 11) is 1.93. The molecule has 0 amide bonds. The van der Waals surface area contributed by atoms with Crippen LogP contribution in [0.2, 0.25) is 0 Å². The Balaban J connectivity index is 0. The number of ether oxygens (including phenoxy) is 1. The number of rotatable bonds is 9. The van der Waals surface area contributed by atoms with Gasteiger partial charge in [-0.2, -0.15) is 0 Å². The molecule has 1 saturated heterocycles. The molecule has 1 aliphatic rings. The van der Waals surface area contributed by atoms with E-state index in [4.69, 9.17) is 10.5 Å². The van der Waals surface area contributed by atoms with Gasteiger partial charge in [0.25, 0.3) is 0 Å². The Morgan fingerprint density at radius 3 is 2.24 bits per heavy atom. The van der Waals surface area contributed by atoms with Gasteiger partial charge in [-0.05, 0) is 41.3 Å². The standard InChI is InChI=1S/C13H20N2O2.C8H12.C3H9N/c1-4-6-11(7-14)9-17-13(10(3)16)12-8-15(12)5-2;1-4-6-7-8(3)5-2;1-3-4-2/h4,6-7H,5,8-9,14H2,1-3H3;4-7H,2H2,1,3H3;4H,3H2,1-2H3/b6-4-,11-7+,13-12-;6-4-,8-7-;. The fourth-order valence-corrected chi connectivity index (χ4v) is 1.89. The molecule has 0 aliphatic carbocycles. The Bertz CT molecular complexity index is 624. The molecule has 1 fully saturated rings. The van der Waals surface area contributed by atoms with Crippen LogP contribution >= 0.6 is 0 Å². The minimum absolute atomic E-state index is 0.0344. The van der Waals surface area contributed by atoms with Crippen molar-refractivity contribution in [2.24, 2.45) is 5.73 Å². The number of ketones is 1. The number of likely N-dealkylation sites (N-methyl/N-ethyl adjacent to an activating group) is 1. The predicted octanol–water partition coefficient (Wildman–Crippen LogP) is 4.48. The van der Waals surface area contributed by atoms with Gasteiger partial charge < -0.3 is 20.7 Å². The first-order chi connectivity index (χ1) is 13.9. The van der Waals surface area contributed by atoms with E-state index in [1.54, 1.807) is 0 Å². The fourth-order valence-electron chi connectivity index (χ4n) is 1.89. The second kappa shape index (κ2) is 18.8. The van der Waals surface area contributed by atoms with Crippen LogP contribution in [-0.2, 0) is 9.53 Å². The quantitative estimate of drug-likeness (QED) is 0.257. The van der Waals surface area contributed by atoms with E-state index in [0.717, 1.165) is 30.9 Å². The summed E-state index contributed by atoms with van der Waals surface area (Å²) in [6.07, 6.45) is 13.1. The molecule has 5 nitrogen and oxygen atoms in total. The first kappa shape index (κ1) is 28.7. The average molecular weight is 404 g/mol. The van der Waals surface area contributed by atoms with Crippen LogP contribution in [0.4, 0.5) is 0 Å². The smallest absolute Gasteiger partial charge is 0.196 e. The number of Topliss-reactive ketones (excluding diaryl/α,β-unsaturated/α-hetero) is 1. The average Bonchev–Trinajstić information content (AvgIpc) is 3.51. The van der Waals surface area contributed by atoms with Gasteiger partial charge in [0.1, 0.15) is 6.61 Å². The summed E-state index contributed by atoms with van der Waals surface area (Å²) >= 11 is 0.